The monoisotopic (exact) mass is 425 g/mol. The Morgan fingerprint density at radius 2 is 2.13 bits per heavy atom. The van der Waals surface area contributed by atoms with Gasteiger partial charge in [-0.05, 0) is 45.1 Å². The number of carbonyl (C=O) groups is 1. The summed E-state index contributed by atoms with van der Waals surface area (Å²) in [7, 11) is 0. The lowest BCUT2D eigenvalue weighted by atomic mass is 9.96. The number of aromatic nitrogens is 3. The van der Waals surface area contributed by atoms with Gasteiger partial charge in [0.2, 0.25) is 16.0 Å². The van der Waals surface area contributed by atoms with Gasteiger partial charge in [0.1, 0.15) is 0 Å². The van der Waals surface area contributed by atoms with Crippen LogP contribution in [0.3, 0.4) is 0 Å². The molecule has 2 aromatic heterocycles. The quantitative estimate of drug-likeness (QED) is 0.657. The van der Waals surface area contributed by atoms with Crippen molar-refractivity contribution < 1.29 is 4.79 Å². The Balaban J connectivity index is 1.37. The number of amides is 1. The van der Waals surface area contributed by atoms with E-state index in [0.29, 0.717) is 17.2 Å². The van der Waals surface area contributed by atoms with Crippen molar-refractivity contribution in [2.75, 3.05) is 18.0 Å². The number of benzene rings is 1. The molecule has 3 aromatic rings. The summed E-state index contributed by atoms with van der Waals surface area (Å²) in [6.45, 7) is 5.32. The van der Waals surface area contributed by atoms with Gasteiger partial charge in [0.15, 0.2) is 0 Å². The number of rotatable bonds is 6. The van der Waals surface area contributed by atoms with Gasteiger partial charge in [-0.2, -0.15) is 4.52 Å². The molecule has 4 rings (SSSR count). The molecule has 2 atom stereocenters. The van der Waals surface area contributed by atoms with E-state index in [1.807, 2.05) is 18.2 Å². The van der Waals surface area contributed by atoms with Crippen LogP contribution in [0.25, 0.3) is 4.96 Å². The normalized spacial score (nSPS) is 17.8. The SMILES string of the molecule is Cc1cc(=O)n2nc(N3CCC[C@H](C(=O)N[C@@H](C)CCc4ccccc4)C3)sc2n1. The van der Waals surface area contributed by atoms with Gasteiger partial charge in [0.25, 0.3) is 5.56 Å². The molecular formula is C22H27N5O2S. The molecule has 1 aliphatic heterocycles. The van der Waals surface area contributed by atoms with Gasteiger partial charge in [-0.25, -0.2) is 4.98 Å². The number of piperidine rings is 1. The van der Waals surface area contributed by atoms with Gasteiger partial charge in [-0.1, -0.05) is 41.7 Å². The maximum absolute atomic E-state index is 12.8. The van der Waals surface area contributed by atoms with E-state index in [4.69, 9.17) is 0 Å². The van der Waals surface area contributed by atoms with Crippen LogP contribution in [-0.4, -0.2) is 39.6 Å². The van der Waals surface area contributed by atoms with Crippen LogP contribution in [0.1, 0.15) is 37.4 Å². The molecule has 3 heterocycles. The Hall–Kier alpha value is -2.74. The fraction of sp³-hybridized carbons (Fsp3) is 0.455. The first kappa shape index (κ1) is 20.5. The highest BCUT2D eigenvalue weighted by Gasteiger charge is 2.28. The number of hydrogen-bond donors (Lipinski definition) is 1. The minimum absolute atomic E-state index is 0.0728. The summed E-state index contributed by atoms with van der Waals surface area (Å²) in [5.41, 5.74) is 1.81. The summed E-state index contributed by atoms with van der Waals surface area (Å²) in [6, 6.07) is 12.0. The summed E-state index contributed by atoms with van der Waals surface area (Å²) in [6.07, 6.45) is 3.66. The molecular weight excluding hydrogens is 398 g/mol. The highest BCUT2D eigenvalue weighted by Crippen LogP contribution is 2.27. The fourth-order valence-electron chi connectivity index (χ4n) is 3.86. The highest BCUT2D eigenvalue weighted by molar-refractivity contribution is 7.20. The third-order valence-electron chi connectivity index (χ3n) is 5.52. The van der Waals surface area contributed by atoms with Crippen LogP contribution in [0.2, 0.25) is 0 Å². The van der Waals surface area contributed by atoms with E-state index >= 15 is 0 Å². The number of aryl methyl sites for hydroxylation is 2. The van der Waals surface area contributed by atoms with Crippen LogP contribution in [0.4, 0.5) is 5.13 Å². The molecule has 158 valence electrons. The maximum atomic E-state index is 12.8. The summed E-state index contributed by atoms with van der Waals surface area (Å²) < 4.78 is 1.35. The standard InChI is InChI=1S/C22H27N5O2S/c1-15(10-11-17-7-4-3-5-8-17)23-20(29)18-9-6-12-26(14-18)22-25-27-19(28)13-16(2)24-21(27)30-22/h3-5,7-8,13,15,18H,6,9-12,14H2,1-2H3,(H,23,29)/t15-,18-/m0/s1. The average Bonchev–Trinajstić information content (AvgIpc) is 3.17. The molecule has 1 aliphatic rings. The lowest BCUT2D eigenvalue weighted by Crippen LogP contribution is -2.45. The van der Waals surface area contributed by atoms with Gasteiger partial charge >= 0.3 is 0 Å². The molecule has 1 N–H and O–H groups in total. The minimum Gasteiger partial charge on any atom is -0.353 e. The second-order valence-electron chi connectivity index (χ2n) is 8.03. The van der Waals surface area contributed by atoms with E-state index in [0.717, 1.165) is 37.4 Å². The smallest absolute Gasteiger partial charge is 0.275 e. The molecule has 0 spiro atoms. The topological polar surface area (TPSA) is 79.6 Å². The zero-order valence-corrected chi connectivity index (χ0v) is 18.2. The molecule has 30 heavy (non-hydrogen) atoms. The summed E-state index contributed by atoms with van der Waals surface area (Å²) in [4.78, 5) is 32.1. The third-order valence-corrected chi connectivity index (χ3v) is 6.49. The summed E-state index contributed by atoms with van der Waals surface area (Å²) in [5.74, 6) is 0.0314. The number of anilines is 1. The summed E-state index contributed by atoms with van der Waals surface area (Å²) in [5, 5.41) is 8.38. The molecule has 7 nitrogen and oxygen atoms in total. The zero-order valence-electron chi connectivity index (χ0n) is 17.4. The minimum atomic E-state index is -0.168. The van der Waals surface area contributed by atoms with Crippen molar-refractivity contribution in [3.05, 3.63) is 58.0 Å². The molecule has 0 radical (unpaired) electrons. The first-order valence-corrected chi connectivity index (χ1v) is 11.3. The number of nitrogens with one attached hydrogen (secondary N) is 1. The first-order valence-electron chi connectivity index (χ1n) is 10.5. The second kappa shape index (κ2) is 8.95. The second-order valence-corrected chi connectivity index (χ2v) is 8.97. The van der Waals surface area contributed by atoms with Gasteiger partial charge in [0, 0.05) is 30.9 Å². The van der Waals surface area contributed by atoms with Gasteiger partial charge in [-0.15, -0.1) is 5.10 Å². The Bertz CT molecular complexity index is 1080. The van der Waals surface area contributed by atoms with Gasteiger partial charge < -0.3 is 10.2 Å². The number of hydrogen-bond acceptors (Lipinski definition) is 6. The van der Waals surface area contributed by atoms with E-state index in [1.165, 1.54) is 27.5 Å². The van der Waals surface area contributed by atoms with Crippen LogP contribution in [-0.2, 0) is 11.2 Å². The van der Waals surface area contributed by atoms with Crippen molar-refractivity contribution in [3.8, 4) is 0 Å². The van der Waals surface area contributed by atoms with E-state index < -0.39 is 0 Å². The zero-order chi connectivity index (χ0) is 21.1. The fourth-order valence-corrected chi connectivity index (χ4v) is 4.85. The average molecular weight is 426 g/mol. The predicted octanol–water partition coefficient (Wildman–Crippen LogP) is 2.81. The molecule has 1 fully saturated rings. The number of nitrogens with zero attached hydrogens (tertiary/aromatic N) is 4. The number of carbonyl (C=O) groups excluding carboxylic acids is 1. The Morgan fingerprint density at radius 1 is 1.33 bits per heavy atom. The lowest BCUT2D eigenvalue weighted by Gasteiger charge is -2.32. The van der Waals surface area contributed by atoms with Crippen molar-refractivity contribution in [1.82, 2.24) is 19.9 Å². The van der Waals surface area contributed by atoms with Crippen molar-refractivity contribution in [2.45, 2.75) is 45.6 Å². The van der Waals surface area contributed by atoms with Gasteiger partial charge in [0.05, 0.1) is 5.92 Å². The maximum Gasteiger partial charge on any atom is 0.275 e. The molecule has 0 bridgehead atoms. The molecule has 0 saturated carbocycles. The summed E-state index contributed by atoms with van der Waals surface area (Å²) >= 11 is 1.40. The molecule has 1 amide bonds. The molecule has 8 heteroatoms. The third kappa shape index (κ3) is 4.70. The van der Waals surface area contributed by atoms with Gasteiger partial charge in [-0.3, -0.25) is 9.59 Å². The lowest BCUT2D eigenvalue weighted by molar-refractivity contribution is -0.125. The molecule has 1 aromatic carbocycles. The van der Waals surface area contributed by atoms with E-state index in [-0.39, 0.29) is 23.4 Å². The van der Waals surface area contributed by atoms with E-state index in [9.17, 15) is 9.59 Å². The van der Waals surface area contributed by atoms with Crippen molar-refractivity contribution in [1.29, 1.82) is 0 Å². The first-order chi connectivity index (χ1) is 14.5. The highest BCUT2D eigenvalue weighted by atomic mass is 32.1. The van der Waals surface area contributed by atoms with Crippen molar-refractivity contribution in [2.24, 2.45) is 5.92 Å². The van der Waals surface area contributed by atoms with Crippen molar-refractivity contribution in [3.63, 3.8) is 0 Å². The molecule has 0 aliphatic carbocycles. The van der Waals surface area contributed by atoms with E-state index in [2.05, 4.69) is 39.4 Å². The molecule has 0 unspecified atom stereocenters. The van der Waals surface area contributed by atoms with Crippen LogP contribution in [0, 0.1) is 12.8 Å². The Labute approximate surface area is 179 Å². The van der Waals surface area contributed by atoms with Crippen LogP contribution in [0.15, 0.2) is 41.2 Å². The van der Waals surface area contributed by atoms with Crippen LogP contribution < -0.4 is 15.8 Å². The predicted molar refractivity (Wildman–Crippen MR) is 119 cm³/mol. The van der Waals surface area contributed by atoms with Crippen LogP contribution in [0.5, 0.6) is 0 Å². The Kier molecular flexibility index (Phi) is 6.13. The Morgan fingerprint density at radius 3 is 2.93 bits per heavy atom. The van der Waals surface area contributed by atoms with E-state index in [1.54, 1.807) is 6.92 Å². The van der Waals surface area contributed by atoms with Crippen LogP contribution >= 0.6 is 11.3 Å². The number of fused-ring (bicyclic) bond motifs is 1. The largest absolute Gasteiger partial charge is 0.353 e. The molecule has 1 saturated heterocycles. The van der Waals surface area contributed by atoms with Crippen molar-refractivity contribution >= 4 is 27.3 Å².